The molecule has 1 rings (SSSR count). The van der Waals surface area contributed by atoms with E-state index in [-0.39, 0.29) is 25.9 Å². The van der Waals surface area contributed by atoms with Crippen molar-refractivity contribution in [3.05, 3.63) is 35.9 Å². The van der Waals surface area contributed by atoms with Crippen LogP contribution in [0.1, 0.15) is 39.4 Å². The van der Waals surface area contributed by atoms with Crippen LogP contribution in [-0.2, 0) is 0 Å². The largest absolute Gasteiger partial charge is 2.00 e. The SMILES string of the molecule is CCCCC(Br)c1ccccc1.[H-].[H-].[Mg+2]. The van der Waals surface area contributed by atoms with Crippen molar-refractivity contribution in [3.63, 3.8) is 0 Å². The normalized spacial score (nSPS) is 11.8. The van der Waals surface area contributed by atoms with Crippen LogP contribution in [0.2, 0.25) is 0 Å². The van der Waals surface area contributed by atoms with Crippen LogP contribution < -0.4 is 0 Å². The zero-order chi connectivity index (χ0) is 8.81. The zero-order valence-electron chi connectivity index (χ0n) is 10.2. The molecule has 0 bridgehead atoms. The van der Waals surface area contributed by atoms with Crippen LogP contribution in [0.15, 0.2) is 30.3 Å². The molecule has 2 heteroatoms. The van der Waals surface area contributed by atoms with Crippen LogP contribution in [0, 0.1) is 0 Å². The molecule has 0 spiro atoms. The van der Waals surface area contributed by atoms with Crippen LogP contribution in [0.5, 0.6) is 0 Å². The van der Waals surface area contributed by atoms with Gasteiger partial charge in [0.2, 0.25) is 0 Å². The van der Waals surface area contributed by atoms with E-state index in [1.165, 1.54) is 24.8 Å². The molecule has 0 aliphatic heterocycles. The van der Waals surface area contributed by atoms with Gasteiger partial charge in [0.05, 0.1) is 0 Å². The van der Waals surface area contributed by atoms with Crippen LogP contribution in [0.4, 0.5) is 0 Å². The Morgan fingerprint density at radius 3 is 2.46 bits per heavy atom. The second-order valence-electron chi connectivity index (χ2n) is 3.02. The maximum absolute atomic E-state index is 3.69. The molecule has 0 saturated heterocycles. The molecule has 0 heterocycles. The van der Waals surface area contributed by atoms with Crippen molar-refractivity contribution in [2.75, 3.05) is 0 Å². The van der Waals surface area contributed by atoms with Gasteiger partial charge >= 0.3 is 23.1 Å². The van der Waals surface area contributed by atoms with E-state index < -0.39 is 0 Å². The van der Waals surface area contributed by atoms with Crippen molar-refractivity contribution >= 4 is 39.0 Å². The van der Waals surface area contributed by atoms with Crippen LogP contribution in [0.25, 0.3) is 0 Å². The molecule has 0 nitrogen and oxygen atoms in total. The third-order valence-corrected chi connectivity index (χ3v) is 2.96. The van der Waals surface area contributed by atoms with Crippen molar-refractivity contribution in [2.45, 2.75) is 31.0 Å². The van der Waals surface area contributed by atoms with Crippen molar-refractivity contribution < 1.29 is 2.85 Å². The van der Waals surface area contributed by atoms with Gasteiger partial charge in [-0.2, -0.15) is 0 Å². The molecule has 1 unspecified atom stereocenters. The summed E-state index contributed by atoms with van der Waals surface area (Å²) in [6.07, 6.45) is 3.81. The fraction of sp³-hybridized carbons (Fsp3) is 0.455. The second kappa shape index (κ2) is 7.83. The molecule has 0 aliphatic rings. The number of unbranched alkanes of at least 4 members (excludes halogenated alkanes) is 1. The molecule has 70 valence electrons. The Kier molecular flexibility index (Phi) is 8.11. The Morgan fingerprint density at radius 2 is 1.92 bits per heavy atom. The van der Waals surface area contributed by atoms with Gasteiger partial charge in [0.25, 0.3) is 0 Å². The van der Waals surface area contributed by atoms with Gasteiger partial charge in [0, 0.05) is 4.83 Å². The first kappa shape index (κ1) is 13.5. The van der Waals surface area contributed by atoms with Gasteiger partial charge in [-0.3, -0.25) is 0 Å². The number of hydrogen-bond acceptors (Lipinski definition) is 0. The molecule has 0 radical (unpaired) electrons. The van der Waals surface area contributed by atoms with E-state index in [0.29, 0.717) is 4.83 Å². The fourth-order valence-corrected chi connectivity index (χ4v) is 1.84. The molecule has 0 N–H and O–H groups in total. The van der Waals surface area contributed by atoms with E-state index in [1.54, 1.807) is 0 Å². The van der Waals surface area contributed by atoms with Crippen molar-refractivity contribution in [3.8, 4) is 0 Å². The van der Waals surface area contributed by atoms with Gasteiger partial charge in [0.15, 0.2) is 0 Å². The summed E-state index contributed by atoms with van der Waals surface area (Å²) in [4.78, 5) is 0.540. The number of halogens is 1. The third-order valence-electron chi connectivity index (χ3n) is 1.97. The Bertz CT molecular complexity index is 219. The van der Waals surface area contributed by atoms with Gasteiger partial charge in [0.1, 0.15) is 0 Å². The zero-order valence-corrected chi connectivity index (χ0v) is 11.2. The minimum absolute atomic E-state index is 0. The van der Waals surface area contributed by atoms with Crippen molar-refractivity contribution in [1.29, 1.82) is 0 Å². The van der Waals surface area contributed by atoms with Gasteiger partial charge in [-0.25, -0.2) is 0 Å². The summed E-state index contributed by atoms with van der Waals surface area (Å²) in [7, 11) is 0. The van der Waals surface area contributed by atoms with Crippen LogP contribution in [-0.4, -0.2) is 23.1 Å². The van der Waals surface area contributed by atoms with Gasteiger partial charge < -0.3 is 2.85 Å². The topological polar surface area (TPSA) is 0 Å². The molecule has 0 saturated carbocycles. The molecule has 0 aliphatic carbocycles. The third kappa shape index (κ3) is 5.04. The molecule has 13 heavy (non-hydrogen) atoms. The molecular weight excluding hydrogens is 236 g/mol. The van der Waals surface area contributed by atoms with E-state index in [1.807, 2.05) is 0 Å². The minimum atomic E-state index is 0. The summed E-state index contributed by atoms with van der Waals surface area (Å²) in [5, 5.41) is 0. The molecule has 0 aromatic heterocycles. The Morgan fingerprint density at radius 1 is 1.31 bits per heavy atom. The van der Waals surface area contributed by atoms with Gasteiger partial charge in [-0.1, -0.05) is 66.0 Å². The van der Waals surface area contributed by atoms with Gasteiger partial charge in [-0.05, 0) is 12.0 Å². The summed E-state index contributed by atoms with van der Waals surface area (Å²) >= 11 is 3.69. The van der Waals surface area contributed by atoms with Crippen LogP contribution in [0.3, 0.4) is 0 Å². The van der Waals surface area contributed by atoms with Crippen molar-refractivity contribution in [2.24, 2.45) is 0 Å². The second-order valence-corrected chi connectivity index (χ2v) is 4.13. The summed E-state index contributed by atoms with van der Waals surface area (Å²) in [5.74, 6) is 0. The molecular formula is C11H17BrMg. The number of benzene rings is 1. The first-order valence-corrected chi connectivity index (χ1v) is 5.45. The fourth-order valence-electron chi connectivity index (χ4n) is 1.21. The first-order chi connectivity index (χ1) is 5.84. The first-order valence-electron chi connectivity index (χ1n) is 4.53. The monoisotopic (exact) mass is 252 g/mol. The van der Waals surface area contributed by atoms with E-state index in [0.717, 1.165) is 0 Å². The molecule has 1 atom stereocenters. The van der Waals surface area contributed by atoms with E-state index in [4.69, 9.17) is 0 Å². The predicted octanol–water partition coefficient (Wildman–Crippen LogP) is 4.16. The maximum atomic E-state index is 3.69. The quantitative estimate of drug-likeness (QED) is 0.558. The standard InChI is InChI=1S/C11H15Br.Mg.2H/c1-2-3-9-11(12)10-7-5-4-6-8-10;;;/h4-8,11H,2-3,9H2,1H3;;;/q;+2;2*-1. The molecule has 0 fully saturated rings. The van der Waals surface area contributed by atoms with Crippen molar-refractivity contribution in [1.82, 2.24) is 0 Å². The summed E-state index contributed by atoms with van der Waals surface area (Å²) in [5.41, 5.74) is 1.39. The Labute approximate surface area is 108 Å². The summed E-state index contributed by atoms with van der Waals surface area (Å²) in [6.45, 7) is 2.23. The Balaban J connectivity index is -0.000000480. The minimum Gasteiger partial charge on any atom is -1.00 e. The molecule has 1 aromatic carbocycles. The summed E-state index contributed by atoms with van der Waals surface area (Å²) < 4.78 is 0. The smallest absolute Gasteiger partial charge is 1.00 e. The van der Waals surface area contributed by atoms with E-state index in [9.17, 15) is 0 Å². The maximum Gasteiger partial charge on any atom is 2.00 e. The number of rotatable bonds is 4. The van der Waals surface area contributed by atoms with E-state index >= 15 is 0 Å². The van der Waals surface area contributed by atoms with E-state index in [2.05, 4.69) is 53.2 Å². The van der Waals surface area contributed by atoms with Gasteiger partial charge in [-0.15, -0.1) is 0 Å². The average molecular weight is 253 g/mol. The van der Waals surface area contributed by atoms with Crippen LogP contribution >= 0.6 is 15.9 Å². The predicted molar refractivity (Wildman–Crippen MR) is 65.6 cm³/mol. The number of alkyl halides is 1. The summed E-state index contributed by atoms with van der Waals surface area (Å²) in [6, 6.07) is 10.6. The molecule has 1 aromatic rings. The average Bonchev–Trinajstić information content (AvgIpc) is 2.15. The Hall–Kier alpha value is 0.466. The molecule has 0 amide bonds. The number of hydrogen-bond donors (Lipinski definition) is 0.